The summed E-state index contributed by atoms with van der Waals surface area (Å²) in [7, 11) is 4.15. The Labute approximate surface area is 148 Å². The molecule has 2 N–H and O–H groups in total. The lowest BCUT2D eigenvalue weighted by Gasteiger charge is -2.11. The van der Waals surface area contributed by atoms with Crippen molar-refractivity contribution >= 4 is 23.2 Å². The van der Waals surface area contributed by atoms with Gasteiger partial charge >= 0.3 is 0 Å². The van der Waals surface area contributed by atoms with E-state index in [-0.39, 0.29) is 5.91 Å². The molecule has 2 aromatic rings. The molecule has 0 aliphatic rings. The van der Waals surface area contributed by atoms with Crippen molar-refractivity contribution < 1.29 is 4.79 Å². The summed E-state index contributed by atoms with van der Waals surface area (Å²) in [6.45, 7) is 2.84. The first-order valence-corrected chi connectivity index (χ1v) is 8.44. The van der Waals surface area contributed by atoms with E-state index < -0.39 is 0 Å². The van der Waals surface area contributed by atoms with Crippen molar-refractivity contribution in [2.24, 2.45) is 0 Å². The van der Waals surface area contributed by atoms with Crippen molar-refractivity contribution in [1.29, 1.82) is 0 Å². The number of carbonyl (C=O) groups excluding carboxylic acids is 1. The number of hydrogen-bond acceptors (Lipinski definition) is 3. The molecule has 0 radical (unpaired) electrons. The molecule has 0 bridgehead atoms. The lowest BCUT2D eigenvalue weighted by Crippen LogP contribution is -2.21. The molecule has 4 nitrogen and oxygen atoms in total. The van der Waals surface area contributed by atoms with E-state index in [0.29, 0.717) is 10.6 Å². The van der Waals surface area contributed by atoms with Gasteiger partial charge in [-0.2, -0.15) is 0 Å². The number of hydrogen-bond donors (Lipinski definition) is 2. The summed E-state index contributed by atoms with van der Waals surface area (Å²) in [4.78, 5) is 14.4. The Hall–Kier alpha value is -1.88. The van der Waals surface area contributed by atoms with Gasteiger partial charge in [-0.3, -0.25) is 4.79 Å². The Morgan fingerprint density at radius 3 is 2.58 bits per heavy atom. The fraction of sp³-hybridized carbons (Fsp3) is 0.316. The second-order valence-electron chi connectivity index (χ2n) is 6.00. The van der Waals surface area contributed by atoms with Crippen LogP contribution in [-0.4, -0.2) is 38.0 Å². The molecule has 1 amide bonds. The van der Waals surface area contributed by atoms with Gasteiger partial charge in [0.15, 0.2) is 0 Å². The standard InChI is InChI=1S/C19H24ClN3O/c1-23(2)12-4-11-21-14-15-5-3-6-18(13-15)22-19(24)16-7-9-17(20)10-8-16/h3,5-10,13,21H,4,11-12,14H2,1-2H3,(H,22,24). The van der Waals surface area contributed by atoms with Crippen molar-refractivity contribution in [3.63, 3.8) is 0 Å². The quantitative estimate of drug-likeness (QED) is 0.718. The number of halogens is 1. The first-order chi connectivity index (χ1) is 11.5. The van der Waals surface area contributed by atoms with E-state index in [1.54, 1.807) is 24.3 Å². The summed E-state index contributed by atoms with van der Waals surface area (Å²) in [5.41, 5.74) is 2.53. The number of anilines is 1. The van der Waals surface area contributed by atoms with Crippen molar-refractivity contribution in [2.75, 3.05) is 32.5 Å². The fourth-order valence-electron chi connectivity index (χ4n) is 2.32. The maximum absolute atomic E-state index is 12.2. The van der Waals surface area contributed by atoms with Crippen LogP contribution in [-0.2, 0) is 6.54 Å². The highest BCUT2D eigenvalue weighted by Gasteiger charge is 2.06. The van der Waals surface area contributed by atoms with Crippen LogP contribution in [0.15, 0.2) is 48.5 Å². The Morgan fingerprint density at radius 2 is 1.88 bits per heavy atom. The molecule has 24 heavy (non-hydrogen) atoms. The van der Waals surface area contributed by atoms with Gasteiger partial charge in [0.05, 0.1) is 0 Å². The molecule has 0 spiro atoms. The molecule has 0 aromatic heterocycles. The average Bonchev–Trinajstić information content (AvgIpc) is 2.55. The van der Waals surface area contributed by atoms with Gasteiger partial charge < -0.3 is 15.5 Å². The zero-order valence-electron chi connectivity index (χ0n) is 14.2. The molecular weight excluding hydrogens is 322 g/mol. The largest absolute Gasteiger partial charge is 0.322 e. The zero-order chi connectivity index (χ0) is 17.4. The third kappa shape index (κ3) is 6.32. The predicted octanol–water partition coefficient (Wildman–Crippen LogP) is 3.63. The van der Waals surface area contributed by atoms with Crippen LogP contribution < -0.4 is 10.6 Å². The van der Waals surface area contributed by atoms with Crippen molar-refractivity contribution in [2.45, 2.75) is 13.0 Å². The Balaban J connectivity index is 1.85. The summed E-state index contributed by atoms with van der Waals surface area (Å²) < 4.78 is 0. The van der Waals surface area contributed by atoms with Crippen LogP contribution >= 0.6 is 11.6 Å². The van der Waals surface area contributed by atoms with Gasteiger partial charge in [0.25, 0.3) is 5.91 Å². The van der Waals surface area contributed by atoms with Crippen LogP contribution in [0.5, 0.6) is 0 Å². The van der Waals surface area contributed by atoms with Gasteiger partial charge in [-0.25, -0.2) is 0 Å². The molecular formula is C19H24ClN3O. The first-order valence-electron chi connectivity index (χ1n) is 8.06. The zero-order valence-corrected chi connectivity index (χ0v) is 14.9. The van der Waals surface area contributed by atoms with Crippen LogP contribution in [0.25, 0.3) is 0 Å². The smallest absolute Gasteiger partial charge is 0.255 e. The lowest BCUT2D eigenvalue weighted by atomic mass is 10.1. The van der Waals surface area contributed by atoms with E-state index in [9.17, 15) is 4.79 Å². The van der Waals surface area contributed by atoms with Gasteiger partial charge in [0, 0.05) is 22.8 Å². The van der Waals surface area contributed by atoms with E-state index in [2.05, 4.69) is 35.7 Å². The number of nitrogens with one attached hydrogen (secondary N) is 2. The van der Waals surface area contributed by atoms with E-state index in [0.717, 1.165) is 37.3 Å². The van der Waals surface area contributed by atoms with E-state index >= 15 is 0 Å². The van der Waals surface area contributed by atoms with Gasteiger partial charge in [-0.1, -0.05) is 23.7 Å². The number of rotatable bonds is 8. The number of benzene rings is 2. The Morgan fingerprint density at radius 1 is 1.12 bits per heavy atom. The fourth-order valence-corrected chi connectivity index (χ4v) is 2.44. The second kappa shape index (κ2) is 9.42. The highest BCUT2D eigenvalue weighted by molar-refractivity contribution is 6.30. The average molecular weight is 346 g/mol. The van der Waals surface area contributed by atoms with Crippen LogP contribution in [0.1, 0.15) is 22.3 Å². The highest BCUT2D eigenvalue weighted by Crippen LogP contribution is 2.14. The van der Waals surface area contributed by atoms with Gasteiger partial charge in [-0.05, 0) is 75.6 Å². The first kappa shape index (κ1) is 18.5. The predicted molar refractivity (Wildman–Crippen MR) is 101 cm³/mol. The van der Waals surface area contributed by atoms with Gasteiger partial charge in [0.1, 0.15) is 0 Å². The van der Waals surface area contributed by atoms with Crippen molar-refractivity contribution in [1.82, 2.24) is 10.2 Å². The monoisotopic (exact) mass is 345 g/mol. The molecule has 0 saturated carbocycles. The topological polar surface area (TPSA) is 44.4 Å². The Kier molecular flexibility index (Phi) is 7.25. The molecule has 128 valence electrons. The van der Waals surface area contributed by atoms with Crippen molar-refractivity contribution in [3.8, 4) is 0 Å². The SMILES string of the molecule is CN(C)CCCNCc1cccc(NC(=O)c2ccc(Cl)cc2)c1. The lowest BCUT2D eigenvalue weighted by molar-refractivity contribution is 0.102. The minimum atomic E-state index is -0.136. The third-order valence-corrected chi connectivity index (χ3v) is 3.83. The van der Waals surface area contributed by atoms with E-state index in [4.69, 9.17) is 11.6 Å². The minimum absolute atomic E-state index is 0.136. The van der Waals surface area contributed by atoms with E-state index in [1.807, 2.05) is 18.2 Å². The summed E-state index contributed by atoms with van der Waals surface area (Å²) >= 11 is 5.84. The number of nitrogens with zero attached hydrogens (tertiary/aromatic N) is 1. The molecule has 0 atom stereocenters. The van der Waals surface area contributed by atoms with Gasteiger partial charge in [-0.15, -0.1) is 0 Å². The third-order valence-electron chi connectivity index (χ3n) is 3.58. The summed E-state index contributed by atoms with van der Waals surface area (Å²) in [5.74, 6) is -0.136. The van der Waals surface area contributed by atoms with Crippen LogP contribution in [0.3, 0.4) is 0 Å². The highest BCUT2D eigenvalue weighted by atomic mass is 35.5. The summed E-state index contributed by atoms with van der Waals surface area (Å²) in [6, 6.07) is 14.7. The molecule has 0 unspecified atom stereocenters. The Bertz CT molecular complexity index is 656. The van der Waals surface area contributed by atoms with Gasteiger partial charge in [0.2, 0.25) is 0 Å². The summed E-state index contributed by atoms with van der Waals surface area (Å²) in [5, 5.41) is 6.96. The minimum Gasteiger partial charge on any atom is -0.322 e. The van der Waals surface area contributed by atoms with E-state index in [1.165, 1.54) is 0 Å². The molecule has 0 heterocycles. The molecule has 0 fully saturated rings. The molecule has 0 aliphatic heterocycles. The van der Waals surface area contributed by atoms with Crippen LogP contribution in [0, 0.1) is 0 Å². The molecule has 2 rings (SSSR count). The van der Waals surface area contributed by atoms with Crippen molar-refractivity contribution in [3.05, 3.63) is 64.7 Å². The molecule has 2 aromatic carbocycles. The molecule has 0 aliphatic carbocycles. The molecule has 0 saturated heterocycles. The maximum Gasteiger partial charge on any atom is 0.255 e. The maximum atomic E-state index is 12.2. The number of carbonyl (C=O) groups is 1. The number of amides is 1. The van der Waals surface area contributed by atoms with Crippen LogP contribution in [0.2, 0.25) is 5.02 Å². The summed E-state index contributed by atoms with van der Waals surface area (Å²) in [6.07, 6.45) is 1.11. The van der Waals surface area contributed by atoms with Crippen LogP contribution in [0.4, 0.5) is 5.69 Å². The second-order valence-corrected chi connectivity index (χ2v) is 6.43. The molecule has 5 heteroatoms. The normalized spacial score (nSPS) is 10.8.